The quantitative estimate of drug-likeness (QED) is 0.665. The fraction of sp³-hybridized carbons (Fsp3) is 0.400. The standard InChI is InChI=1S/C10H14O.H3N/c1-7-4-5-10(6-11)9(3)8(7)2;/h4-5,11H,6H2,1-3H3;1H3/p+1. The molecule has 0 radical (unpaired) electrons. The van der Waals surface area contributed by atoms with Gasteiger partial charge in [0.05, 0.1) is 6.61 Å². The third-order valence-corrected chi connectivity index (χ3v) is 2.34. The third kappa shape index (κ3) is 1.84. The van der Waals surface area contributed by atoms with Gasteiger partial charge in [0.2, 0.25) is 0 Å². The van der Waals surface area contributed by atoms with Gasteiger partial charge < -0.3 is 11.3 Å². The molecule has 0 unspecified atom stereocenters. The van der Waals surface area contributed by atoms with E-state index in [1.807, 2.05) is 19.1 Å². The summed E-state index contributed by atoms with van der Waals surface area (Å²) in [5, 5.41) is 8.93. The molecule has 0 aromatic heterocycles. The summed E-state index contributed by atoms with van der Waals surface area (Å²) in [6, 6.07) is 4.03. The van der Waals surface area contributed by atoms with Gasteiger partial charge in [0.15, 0.2) is 0 Å². The number of benzene rings is 1. The molecule has 0 heterocycles. The molecule has 0 amide bonds. The van der Waals surface area contributed by atoms with Gasteiger partial charge in [-0.25, -0.2) is 0 Å². The summed E-state index contributed by atoms with van der Waals surface area (Å²) in [5.74, 6) is 0. The Morgan fingerprint density at radius 1 is 1.08 bits per heavy atom. The van der Waals surface area contributed by atoms with E-state index in [1.165, 1.54) is 16.7 Å². The number of aliphatic hydroxyl groups is 1. The molecule has 5 N–H and O–H groups in total. The summed E-state index contributed by atoms with van der Waals surface area (Å²) in [6.07, 6.45) is 0. The van der Waals surface area contributed by atoms with Gasteiger partial charge >= 0.3 is 0 Å². The lowest BCUT2D eigenvalue weighted by atomic mass is 9.99. The number of aliphatic hydroxyl groups excluding tert-OH is 1. The van der Waals surface area contributed by atoms with Crippen molar-refractivity contribution in [2.45, 2.75) is 27.4 Å². The van der Waals surface area contributed by atoms with Gasteiger partial charge in [-0.05, 0) is 43.0 Å². The van der Waals surface area contributed by atoms with Gasteiger partial charge in [-0.2, -0.15) is 0 Å². The van der Waals surface area contributed by atoms with Gasteiger partial charge in [-0.3, -0.25) is 0 Å². The molecule has 0 atom stereocenters. The summed E-state index contributed by atoms with van der Waals surface area (Å²) in [5.41, 5.74) is 4.83. The lowest BCUT2D eigenvalue weighted by molar-refractivity contribution is 0.281. The van der Waals surface area contributed by atoms with E-state index in [-0.39, 0.29) is 12.8 Å². The zero-order valence-electron chi connectivity index (χ0n) is 8.31. The third-order valence-electron chi connectivity index (χ3n) is 2.34. The summed E-state index contributed by atoms with van der Waals surface area (Å²) in [6.45, 7) is 6.37. The van der Waals surface area contributed by atoms with Crippen LogP contribution in [-0.2, 0) is 6.61 Å². The van der Waals surface area contributed by atoms with Crippen LogP contribution >= 0.6 is 0 Å². The Labute approximate surface area is 73.8 Å². The van der Waals surface area contributed by atoms with Crippen molar-refractivity contribution in [3.8, 4) is 0 Å². The summed E-state index contributed by atoms with van der Waals surface area (Å²) < 4.78 is 0. The van der Waals surface area contributed by atoms with E-state index in [1.54, 1.807) is 0 Å². The van der Waals surface area contributed by atoms with Crippen molar-refractivity contribution >= 4 is 0 Å². The van der Waals surface area contributed by atoms with Crippen LogP contribution in [0.4, 0.5) is 0 Å². The fourth-order valence-corrected chi connectivity index (χ4v) is 1.18. The van der Waals surface area contributed by atoms with Gasteiger partial charge in [0.1, 0.15) is 0 Å². The molecule has 1 aromatic rings. The van der Waals surface area contributed by atoms with Crippen LogP contribution in [0.5, 0.6) is 0 Å². The summed E-state index contributed by atoms with van der Waals surface area (Å²) in [4.78, 5) is 0. The number of hydrogen-bond donors (Lipinski definition) is 2. The minimum atomic E-state index is 0. The number of hydrogen-bond acceptors (Lipinski definition) is 1. The van der Waals surface area contributed by atoms with Gasteiger partial charge in [0, 0.05) is 0 Å². The summed E-state index contributed by atoms with van der Waals surface area (Å²) >= 11 is 0. The number of quaternary nitrogens is 1. The van der Waals surface area contributed by atoms with Crippen LogP contribution < -0.4 is 6.15 Å². The van der Waals surface area contributed by atoms with E-state index in [4.69, 9.17) is 5.11 Å². The first-order valence-corrected chi connectivity index (χ1v) is 3.83. The minimum absolute atomic E-state index is 0. The van der Waals surface area contributed by atoms with Gasteiger partial charge in [-0.1, -0.05) is 12.1 Å². The fourth-order valence-electron chi connectivity index (χ4n) is 1.18. The predicted octanol–water partition coefficient (Wildman–Crippen LogP) is 2.48. The first-order chi connectivity index (χ1) is 5.16. The molecule has 0 fully saturated rings. The van der Waals surface area contributed by atoms with Crippen molar-refractivity contribution in [3.63, 3.8) is 0 Å². The van der Waals surface area contributed by atoms with Crippen molar-refractivity contribution < 1.29 is 5.11 Å². The molecule has 0 saturated carbocycles. The monoisotopic (exact) mass is 168 g/mol. The van der Waals surface area contributed by atoms with Gasteiger partial charge in [0.25, 0.3) is 0 Å². The van der Waals surface area contributed by atoms with Crippen molar-refractivity contribution in [2.75, 3.05) is 0 Å². The second-order valence-electron chi connectivity index (χ2n) is 2.95. The van der Waals surface area contributed by atoms with E-state index in [2.05, 4.69) is 13.8 Å². The average Bonchev–Trinajstić information content (AvgIpc) is 2.01. The van der Waals surface area contributed by atoms with Gasteiger partial charge in [-0.15, -0.1) is 0 Å². The number of rotatable bonds is 1. The van der Waals surface area contributed by atoms with Crippen molar-refractivity contribution in [1.82, 2.24) is 6.15 Å². The van der Waals surface area contributed by atoms with E-state index in [9.17, 15) is 0 Å². The Morgan fingerprint density at radius 2 is 1.67 bits per heavy atom. The molecule has 2 heteroatoms. The topological polar surface area (TPSA) is 56.7 Å². The molecule has 0 aliphatic rings. The largest absolute Gasteiger partial charge is 0.392 e. The van der Waals surface area contributed by atoms with E-state index in [0.29, 0.717) is 0 Å². The Balaban J connectivity index is 0.00000121. The van der Waals surface area contributed by atoms with Crippen LogP contribution in [0.15, 0.2) is 12.1 Å². The average molecular weight is 168 g/mol. The Bertz CT molecular complexity index is 269. The highest BCUT2D eigenvalue weighted by atomic mass is 16.3. The Hall–Kier alpha value is -0.860. The highest BCUT2D eigenvalue weighted by Gasteiger charge is 2.00. The number of aryl methyl sites for hydroxylation is 1. The molecule has 12 heavy (non-hydrogen) atoms. The van der Waals surface area contributed by atoms with Crippen LogP contribution in [0.25, 0.3) is 0 Å². The molecular formula is C10H18NO+. The van der Waals surface area contributed by atoms with Crippen LogP contribution in [0.3, 0.4) is 0 Å². The maximum absolute atomic E-state index is 8.93. The Morgan fingerprint density at radius 3 is 2.17 bits per heavy atom. The van der Waals surface area contributed by atoms with Crippen molar-refractivity contribution in [1.29, 1.82) is 0 Å². The molecule has 68 valence electrons. The highest BCUT2D eigenvalue weighted by molar-refractivity contribution is 5.38. The van der Waals surface area contributed by atoms with E-state index in [0.717, 1.165) is 5.56 Å². The molecule has 1 aromatic carbocycles. The van der Waals surface area contributed by atoms with Crippen LogP contribution in [0.1, 0.15) is 22.3 Å². The van der Waals surface area contributed by atoms with Crippen LogP contribution in [0.2, 0.25) is 0 Å². The highest BCUT2D eigenvalue weighted by Crippen LogP contribution is 2.16. The zero-order chi connectivity index (χ0) is 8.43. The maximum atomic E-state index is 8.93. The lowest BCUT2D eigenvalue weighted by Gasteiger charge is -2.08. The lowest BCUT2D eigenvalue weighted by Crippen LogP contribution is -1.93. The van der Waals surface area contributed by atoms with E-state index < -0.39 is 0 Å². The second kappa shape index (κ2) is 4.24. The first kappa shape index (κ1) is 11.1. The zero-order valence-corrected chi connectivity index (χ0v) is 8.31. The van der Waals surface area contributed by atoms with E-state index >= 15 is 0 Å². The predicted molar refractivity (Wildman–Crippen MR) is 52.6 cm³/mol. The molecule has 0 bridgehead atoms. The molecule has 0 saturated heterocycles. The van der Waals surface area contributed by atoms with Crippen molar-refractivity contribution in [2.24, 2.45) is 0 Å². The molecule has 2 nitrogen and oxygen atoms in total. The molecule has 0 aliphatic carbocycles. The smallest absolute Gasteiger partial charge is 0.0684 e. The van der Waals surface area contributed by atoms with Crippen LogP contribution in [-0.4, -0.2) is 5.11 Å². The molecular weight excluding hydrogens is 150 g/mol. The molecule has 0 spiro atoms. The minimum Gasteiger partial charge on any atom is -0.392 e. The molecule has 0 aliphatic heterocycles. The Kier molecular flexibility index (Phi) is 3.93. The first-order valence-electron chi connectivity index (χ1n) is 3.83. The molecule has 1 rings (SSSR count). The van der Waals surface area contributed by atoms with Crippen LogP contribution in [0, 0.1) is 20.8 Å². The SMILES string of the molecule is Cc1ccc(CO)c(C)c1C.[NH4+]. The second-order valence-corrected chi connectivity index (χ2v) is 2.95. The normalized spacial score (nSPS) is 9.33. The van der Waals surface area contributed by atoms with Crippen molar-refractivity contribution in [3.05, 3.63) is 34.4 Å². The maximum Gasteiger partial charge on any atom is 0.0684 e. The summed E-state index contributed by atoms with van der Waals surface area (Å²) in [7, 11) is 0.